The average Bonchev–Trinajstić information content (AvgIpc) is 0.740. The van der Waals surface area contributed by atoms with Crippen molar-refractivity contribution in [1.82, 2.24) is 0 Å². The topological polar surface area (TPSA) is 80.9 Å². The number of aromatic hydroxyl groups is 4. The zero-order valence-electron chi connectivity index (χ0n) is 49.3. The molecule has 12 rings (SSSR count). The molecule has 0 fully saturated rings. The molecule has 0 radical (unpaired) electrons. The van der Waals surface area contributed by atoms with Gasteiger partial charge in [-0.3, -0.25) is 0 Å². The molecule has 0 aliphatic carbocycles. The number of benzene rings is 12. The number of alkyl halides is 24. The Bertz CT molecular complexity index is 4460. The van der Waals surface area contributed by atoms with Crippen molar-refractivity contribution in [3.8, 4) is 89.8 Å². The Labute approximate surface area is 545 Å². The molecule has 0 amide bonds. The van der Waals surface area contributed by atoms with Gasteiger partial charge in [0, 0.05) is 44.5 Å². The molecule has 12 aromatic carbocycles. The third-order valence-electron chi connectivity index (χ3n) is 16.2. The summed E-state index contributed by atoms with van der Waals surface area (Å²) in [5, 5.41) is 48.0. The van der Waals surface area contributed by atoms with Crippen molar-refractivity contribution >= 4 is 43.1 Å². The monoisotopic (exact) mass is 1420 g/mol. The summed E-state index contributed by atoms with van der Waals surface area (Å²) >= 11 is 0. The second-order valence-corrected chi connectivity index (χ2v) is 22.7. The van der Waals surface area contributed by atoms with Crippen LogP contribution in [0.4, 0.5) is 105 Å². The van der Waals surface area contributed by atoms with E-state index in [1.54, 1.807) is 0 Å². The highest BCUT2D eigenvalue weighted by Crippen LogP contribution is 2.56. The first-order valence-corrected chi connectivity index (χ1v) is 28.5. The number of rotatable bonds is 6. The molecule has 0 heterocycles. The molecule has 0 saturated carbocycles. The lowest BCUT2D eigenvalue weighted by Gasteiger charge is -2.21. The second kappa shape index (κ2) is 24.6. The molecule has 0 aliphatic rings. The van der Waals surface area contributed by atoms with Crippen molar-refractivity contribution in [2.75, 3.05) is 0 Å². The van der Waals surface area contributed by atoms with Gasteiger partial charge in [-0.05, 0) is 162 Å². The summed E-state index contributed by atoms with van der Waals surface area (Å²) in [5.41, 5.74) is -19.9. The van der Waals surface area contributed by atoms with Crippen LogP contribution in [0.25, 0.3) is 110 Å². The molecule has 12 aromatic rings. The van der Waals surface area contributed by atoms with Gasteiger partial charge in [0.1, 0.15) is 23.0 Å². The highest BCUT2D eigenvalue weighted by molar-refractivity contribution is 6.16. The summed E-state index contributed by atoms with van der Waals surface area (Å²) in [4.78, 5) is 0. The van der Waals surface area contributed by atoms with Crippen LogP contribution in [0.15, 0.2) is 194 Å². The summed E-state index contributed by atoms with van der Waals surface area (Å²) in [6, 6.07) is 30.1. The molecule has 0 unspecified atom stereocenters. The van der Waals surface area contributed by atoms with E-state index in [0.717, 1.165) is 24.3 Å². The van der Waals surface area contributed by atoms with Crippen LogP contribution in [0, 0.1) is 0 Å². The van der Waals surface area contributed by atoms with Gasteiger partial charge in [0.15, 0.2) is 0 Å². The minimum atomic E-state index is -5.24. The largest absolute Gasteiger partial charge is 0.507 e. The van der Waals surface area contributed by atoms with Gasteiger partial charge in [0.2, 0.25) is 0 Å². The minimum absolute atomic E-state index is 0.0920. The first-order chi connectivity index (χ1) is 46.3. The number of halogens is 24. The zero-order valence-corrected chi connectivity index (χ0v) is 49.3. The Balaban J connectivity index is 0.000000202. The lowest BCUT2D eigenvalue weighted by Crippen LogP contribution is -2.11. The van der Waals surface area contributed by atoms with Crippen molar-refractivity contribution in [1.29, 1.82) is 0 Å². The average molecular weight is 1420 g/mol. The highest BCUT2D eigenvalue weighted by atomic mass is 19.4. The van der Waals surface area contributed by atoms with Gasteiger partial charge >= 0.3 is 49.4 Å². The smallest absolute Gasteiger partial charge is 0.416 e. The number of hydrogen-bond donors (Lipinski definition) is 4. The Morgan fingerprint density at radius 3 is 0.460 bits per heavy atom. The Kier molecular flexibility index (Phi) is 17.3. The van der Waals surface area contributed by atoms with Crippen molar-refractivity contribution in [2.24, 2.45) is 0 Å². The van der Waals surface area contributed by atoms with Crippen LogP contribution in [-0.4, -0.2) is 20.4 Å². The van der Waals surface area contributed by atoms with E-state index in [9.17, 15) is 126 Å². The van der Waals surface area contributed by atoms with Gasteiger partial charge in [-0.25, -0.2) is 0 Å². The normalized spacial score (nSPS) is 13.0. The van der Waals surface area contributed by atoms with E-state index in [1.807, 2.05) is 0 Å². The highest BCUT2D eigenvalue weighted by Gasteiger charge is 2.42. The Morgan fingerprint density at radius 2 is 0.320 bits per heavy atom. The molecule has 0 aromatic heterocycles. The fourth-order valence-electron chi connectivity index (χ4n) is 11.7. The van der Waals surface area contributed by atoms with Crippen LogP contribution in [0.1, 0.15) is 44.5 Å². The number of fused-ring (bicyclic) bond motifs is 4. The Hall–Kier alpha value is -10.8. The molecular weight excluding hydrogens is 1380 g/mol. The summed E-state index contributed by atoms with van der Waals surface area (Å²) < 4.78 is 331. The molecule has 0 atom stereocenters. The van der Waals surface area contributed by atoms with Crippen LogP contribution in [0.5, 0.6) is 23.0 Å². The predicted molar refractivity (Wildman–Crippen MR) is 322 cm³/mol. The molecule has 4 nitrogen and oxygen atoms in total. The molecule has 0 saturated heterocycles. The van der Waals surface area contributed by atoms with Gasteiger partial charge in [-0.2, -0.15) is 105 Å². The SMILES string of the molecule is Oc1c(-c2cc(C(F)(F)F)cc(C(F)(F)F)c2)cc2ccccc2c1-c1c(O)c(-c2cc(C(F)(F)F)cc(C(F)(F)F)c2)cc2ccccc12.Oc1c(-c2cc(C(F)(F)F)cc(C(F)(F)F)c2)cc2ccccc2c1-c1c(O)c(-c2cc(C(F)(F)F)cc(C(F)(F)F)c2)cc2ccccc12. The number of phenolic OH excluding ortho intramolecular Hbond substituents is 4. The number of phenols is 4. The van der Waals surface area contributed by atoms with Crippen LogP contribution in [0.3, 0.4) is 0 Å². The van der Waals surface area contributed by atoms with Crippen LogP contribution in [0.2, 0.25) is 0 Å². The first-order valence-electron chi connectivity index (χ1n) is 28.5. The minimum Gasteiger partial charge on any atom is -0.507 e. The fraction of sp³-hybridized carbons (Fsp3) is 0.111. The lowest BCUT2D eigenvalue weighted by atomic mass is 9.85. The quantitative estimate of drug-likeness (QED) is 0.125. The molecule has 4 N–H and O–H groups in total. The van der Waals surface area contributed by atoms with E-state index in [4.69, 9.17) is 0 Å². The summed E-state index contributed by atoms with van der Waals surface area (Å²) in [5.74, 6) is -3.69. The van der Waals surface area contributed by atoms with Crippen LogP contribution in [-0.2, 0) is 49.4 Å². The van der Waals surface area contributed by atoms with Crippen molar-refractivity contribution < 1.29 is 126 Å². The summed E-state index contributed by atoms with van der Waals surface area (Å²) in [6.07, 6.45) is -41.9. The van der Waals surface area contributed by atoms with Gasteiger partial charge < -0.3 is 20.4 Å². The molecule has 516 valence electrons. The third-order valence-corrected chi connectivity index (χ3v) is 16.2. The van der Waals surface area contributed by atoms with Gasteiger partial charge in [0.05, 0.1) is 44.5 Å². The molecule has 0 bridgehead atoms. The fourth-order valence-corrected chi connectivity index (χ4v) is 11.7. The van der Waals surface area contributed by atoms with E-state index in [0.29, 0.717) is 48.5 Å². The molecule has 100 heavy (non-hydrogen) atoms. The predicted octanol–water partition coefficient (Wildman–Crippen LogP) is 25.0. The summed E-state index contributed by atoms with van der Waals surface area (Å²) in [6.45, 7) is 0. The van der Waals surface area contributed by atoms with Gasteiger partial charge in [0.25, 0.3) is 0 Å². The van der Waals surface area contributed by atoms with Crippen molar-refractivity contribution in [3.05, 3.63) is 239 Å². The van der Waals surface area contributed by atoms with Crippen molar-refractivity contribution in [3.63, 3.8) is 0 Å². The van der Waals surface area contributed by atoms with E-state index >= 15 is 0 Å². The Morgan fingerprint density at radius 1 is 0.180 bits per heavy atom. The van der Waals surface area contributed by atoms with E-state index in [-0.39, 0.29) is 89.6 Å². The molecular formula is C72H36F24O4. The number of hydrogen-bond acceptors (Lipinski definition) is 4. The van der Waals surface area contributed by atoms with E-state index in [2.05, 4.69) is 0 Å². The maximum atomic E-state index is 13.8. The maximum Gasteiger partial charge on any atom is 0.416 e. The van der Waals surface area contributed by atoms with E-state index < -0.39 is 161 Å². The standard InChI is InChI=1S/2C36H18F12O2/c2*37-33(38,39)21-9-19(10-22(15-21)34(40,41)42)27-13-17-5-1-3-7-25(17)29(31(27)49)30-26-8-4-2-6-18(26)14-28(32(30)50)20-11-23(35(43,44)45)16-24(12-20)36(46,47)48/h2*1-16,49-50H. The lowest BCUT2D eigenvalue weighted by molar-refractivity contribution is -0.144. The van der Waals surface area contributed by atoms with Crippen LogP contribution >= 0.6 is 0 Å². The summed E-state index contributed by atoms with van der Waals surface area (Å²) in [7, 11) is 0. The third kappa shape index (κ3) is 13.7. The maximum absolute atomic E-state index is 13.8. The zero-order chi connectivity index (χ0) is 73.1. The van der Waals surface area contributed by atoms with Crippen molar-refractivity contribution in [2.45, 2.75) is 49.4 Å². The van der Waals surface area contributed by atoms with Gasteiger partial charge in [-0.1, -0.05) is 97.1 Å². The van der Waals surface area contributed by atoms with Crippen LogP contribution < -0.4 is 0 Å². The van der Waals surface area contributed by atoms with E-state index in [1.165, 1.54) is 97.1 Å². The molecule has 28 heteroatoms. The molecule has 0 aliphatic heterocycles. The second-order valence-electron chi connectivity index (χ2n) is 22.7. The van der Waals surface area contributed by atoms with Gasteiger partial charge in [-0.15, -0.1) is 0 Å². The molecule has 0 spiro atoms. The first kappa shape index (κ1) is 70.5.